The third-order valence-electron chi connectivity index (χ3n) is 3.25. The number of carbonyl (C=O) groups excluding carboxylic acids is 1. The maximum absolute atomic E-state index is 12.0. The summed E-state index contributed by atoms with van der Waals surface area (Å²) in [5.41, 5.74) is 7.11. The van der Waals surface area contributed by atoms with Gasteiger partial charge in [0, 0.05) is 0 Å². The second kappa shape index (κ2) is 6.91. The average molecular weight is 272 g/mol. The van der Waals surface area contributed by atoms with E-state index in [0.29, 0.717) is 6.42 Å². The van der Waals surface area contributed by atoms with Crippen LogP contribution in [0.15, 0.2) is 53.1 Å². The molecular weight excluding hydrogens is 252 g/mol. The van der Waals surface area contributed by atoms with Crippen LogP contribution in [-0.2, 0) is 11.2 Å². The van der Waals surface area contributed by atoms with Crippen molar-refractivity contribution in [2.75, 3.05) is 0 Å². The first kappa shape index (κ1) is 14.3. The molecule has 1 heterocycles. The number of amides is 1. The molecule has 0 saturated carbocycles. The van der Waals surface area contributed by atoms with Crippen LogP contribution in [0.3, 0.4) is 0 Å². The van der Waals surface area contributed by atoms with Gasteiger partial charge in [-0.25, -0.2) is 0 Å². The molecule has 3 N–H and O–H groups in total. The molecule has 1 aromatic heterocycles. The Balaban J connectivity index is 1.80. The molecule has 0 aliphatic carbocycles. The van der Waals surface area contributed by atoms with Gasteiger partial charge in [-0.2, -0.15) is 0 Å². The van der Waals surface area contributed by atoms with Crippen molar-refractivity contribution in [3.8, 4) is 0 Å². The molecule has 0 fully saturated rings. The van der Waals surface area contributed by atoms with E-state index >= 15 is 0 Å². The van der Waals surface area contributed by atoms with Gasteiger partial charge in [-0.1, -0.05) is 30.3 Å². The van der Waals surface area contributed by atoms with Gasteiger partial charge >= 0.3 is 0 Å². The maximum Gasteiger partial charge on any atom is 0.237 e. The molecule has 1 unspecified atom stereocenters. The van der Waals surface area contributed by atoms with E-state index in [9.17, 15) is 4.79 Å². The summed E-state index contributed by atoms with van der Waals surface area (Å²) in [5.74, 6) is 0.582. The first-order valence-electron chi connectivity index (χ1n) is 6.80. The molecule has 1 aromatic carbocycles. The summed E-state index contributed by atoms with van der Waals surface area (Å²) >= 11 is 0. The molecule has 2 aromatic rings. The monoisotopic (exact) mass is 272 g/mol. The maximum atomic E-state index is 12.0. The zero-order valence-electron chi connectivity index (χ0n) is 11.6. The topological polar surface area (TPSA) is 68.3 Å². The van der Waals surface area contributed by atoms with Gasteiger partial charge in [-0.05, 0) is 37.5 Å². The summed E-state index contributed by atoms with van der Waals surface area (Å²) in [6.45, 7) is 1.88. The zero-order chi connectivity index (χ0) is 14.4. The van der Waals surface area contributed by atoms with Crippen molar-refractivity contribution in [2.45, 2.75) is 31.8 Å². The first-order chi connectivity index (χ1) is 9.66. The Bertz CT molecular complexity index is 523. The number of hydrogen-bond acceptors (Lipinski definition) is 3. The summed E-state index contributed by atoms with van der Waals surface area (Å²) in [6.07, 6.45) is 3.01. The van der Waals surface area contributed by atoms with E-state index in [0.717, 1.165) is 12.2 Å². The van der Waals surface area contributed by atoms with Crippen molar-refractivity contribution >= 4 is 5.91 Å². The van der Waals surface area contributed by atoms with Gasteiger partial charge in [0.15, 0.2) is 0 Å². The van der Waals surface area contributed by atoms with Crippen LogP contribution in [0.1, 0.15) is 30.7 Å². The fourth-order valence-corrected chi connectivity index (χ4v) is 2.03. The van der Waals surface area contributed by atoms with E-state index in [1.165, 1.54) is 5.56 Å². The molecule has 4 nitrogen and oxygen atoms in total. The minimum atomic E-state index is -0.507. The molecule has 106 valence electrons. The summed E-state index contributed by atoms with van der Waals surface area (Å²) < 4.78 is 5.25. The summed E-state index contributed by atoms with van der Waals surface area (Å²) in [5, 5.41) is 2.86. The van der Waals surface area contributed by atoms with Crippen molar-refractivity contribution in [3.05, 3.63) is 60.1 Å². The van der Waals surface area contributed by atoms with Gasteiger partial charge in [0.05, 0.1) is 18.3 Å². The number of nitrogens with two attached hydrogens (primary N) is 1. The van der Waals surface area contributed by atoms with Crippen molar-refractivity contribution < 1.29 is 9.21 Å². The quantitative estimate of drug-likeness (QED) is 0.848. The Morgan fingerprint density at radius 1 is 1.25 bits per heavy atom. The number of carbonyl (C=O) groups is 1. The molecular formula is C16H20N2O2. The molecule has 0 aliphatic rings. The molecule has 0 aliphatic heterocycles. The highest BCUT2D eigenvalue weighted by molar-refractivity contribution is 5.81. The van der Waals surface area contributed by atoms with Crippen LogP contribution in [0, 0.1) is 0 Å². The Kier molecular flexibility index (Phi) is 4.96. The second-order valence-electron chi connectivity index (χ2n) is 4.88. The van der Waals surface area contributed by atoms with Crippen LogP contribution < -0.4 is 11.1 Å². The first-order valence-corrected chi connectivity index (χ1v) is 6.80. The SMILES string of the molecule is CC(NC(=O)[C@@H](N)CCc1ccccc1)c1ccco1. The van der Waals surface area contributed by atoms with Gasteiger partial charge < -0.3 is 15.5 Å². The van der Waals surface area contributed by atoms with Gasteiger partial charge in [0.1, 0.15) is 5.76 Å². The molecule has 0 spiro atoms. The summed E-state index contributed by atoms with van der Waals surface area (Å²) in [4.78, 5) is 12.0. The summed E-state index contributed by atoms with van der Waals surface area (Å²) in [7, 11) is 0. The largest absolute Gasteiger partial charge is 0.467 e. The van der Waals surface area contributed by atoms with Gasteiger partial charge in [0.2, 0.25) is 5.91 Å². The molecule has 1 amide bonds. The highest BCUT2D eigenvalue weighted by atomic mass is 16.3. The average Bonchev–Trinajstić information content (AvgIpc) is 3.00. The number of nitrogens with one attached hydrogen (secondary N) is 1. The van der Waals surface area contributed by atoms with Crippen molar-refractivity contribution in [3.63, 3.8) is 0 Å². The molecule has 20 heavy (non-hydrogen) atoms. The molecule has 0 radical (unpaired) electrons. The lowest BCUT2D eigenvalue weighted by molar-refractivity contribution is -0.123. The van der Waals surface area contributed by atoms with E-state index in [1.807, 2.05) is 43.3 Å². The van der Waals surface area contributed by atoms with E-state index in [4.69, 9.17) is 10.2 Å². The smallest absolute Gasteiger partial charge is 0.237 e. The van der Waals surface area contributed by atoms with Gasteiger partial charge in [-0.3, -0.25) is 4.79 Å². The normalized spacial score (nSPS) is 13.7. The predicted molar refractivity (Wildman–Crippen MR) is 78.0 cm³/mol. The Morgan fingerprint density at radius 3 is 2.65 bits per heavy atom. The van der Waals surface area contributed by atoms with E-state index in [-0.39, 0.29) is 11.9 Å². The fraction of sp³-hybridized carbons (Fsp3) is 0.312. The minimum absolute atomic E-state index is 0.148. The van der Waals surface area contributed by atoms with E-state index in [2.05, 4.69) is 5.32 Å². The Morgan fingerprint density at radius 2 is 2.00 bits per heavy atom. The minimum Gasteiger partial charge on any atom is -0.467 e. The van der Waals surface area contributed by atoms with Crippen LogP contribution in [-0.4, -0.2) is 11.9 Å². The highest BCUT2D eigenvalue weighted by Crippen LogP contribution is 2.12. The van der Waals surface area contributed by atoms with Crippen LogP contribution in [0.5, 0.6) is 0 Å². The second-order valence-corrected chi connectivity index (χ2v) is 4.88. The number of hydrogen-bond donors (Lipinski definition) is 2. The van der Waals surface area contributed by atoms with Crippen molar-refractivity contribution in [1.29, 1.82) is 0 Å². The van der Waals surface area contributed by atoms with Gasteiger partial charge in [0.25, 0.3) is 0 Å². The summed E-state index contributed by atoms with van der Waals surface area (Å²) in [6, 6.07) is 13.0. The Labute approximate surface area is 119 Å². The number of rotatable bonds is 6. The third-order valence-corrected chi connectivity index (χ3v) is 3.25. The molecule has 0 bridgehead atoms. The molecule has 2 atom stereocenters. The number of furan rings is 1. The van der Waals surface area contributed by atoms with E-state index < -0.39 is 6.04 Å². The van der Waals surface area contributed by atoms with Gasteiger partial charge in [-0.15, -0.1) is 0 Å². The highest BCUT2D eigenvalue weighted by Gasteiger charge is 2.17. The Hall–Kier alpha value is -2.07. The van der Waals surface area contributed by atoms with E-state index in [1.54, 1.807) is 12.3 Å². The van der Waals surface area contributed by atoms with Crippen LogP contribution in [0.2, 0.25) is 0 Å². The lowest BCUT2D eigenvalue weighted by Gasteiger charge is -2.16. The standard InChI is InChI=1S/C16H20N2O2/c1-12(15-8-5-11-20-15)18-16(19)14(17)10-9-13-6-3-2-4-7-13/h2-8,11-12,14H,9-10,17H2,1H3,(H,18,19)/t12?,14-/m0/s1. The fourth-order valence-electron chi connectivity index (χ4n) is 2.03. The molecule has 2 rings (SSSR count). The van der Waals surface area contributed by atoms with Crippen molar-refractivity contribution in [1.82, 2.24) is 5.32 Å². The lowest BCUT2D eigenvalue weighted by Crippen LogP contribution is -2.41. The number of aryl methyl sites for hydroxylation is 1. The predicted octanol–water partition coefficient (Wildman–Crippen LogP) is 2.42. The molecule has 4 heteroatoms. The van der Waals surface area contributed by atoms with Crippen LogP contribution >= 0.6 is 0 Å². The zero-order valence-corrected chi connectivity index (χ0v) is 11.6. The van der Waals surface area contributed by atoms with Crippen molar-refractivity contribution in [2.24, 2.45) is 5.73 Å². The lowest BCUT2D eigenvalue weighted by atomic mass is 10.1. The van der Waals surface area contributed by atoms with Crippen LogP contribution in [0.25, 0.3) is 0 Å². The third kappa shape index (κ3) is 3.96. The number of benzene rings is 1. The van der Waals surface area contributed by atoms with Crippen LogP contribution in [0.4, 0.5) is 0 Å². The molecule has 0 saturated heterocycles.